The molecule has 3 heteroatoms. The van der Waals surface area contributed by atoms with Crippen LogP contribution in [0.4, 0.5) is 0 Å². The van der Waals surface area contributed by atoms with Gasteiger partial charge in [0.25, 0.3) is 0 Å². The normalized spacial score (nSPS) is 56.3. The Hall–Kier alpha value is -0.570. The molecular formula is C21H34O3. The van der Waals surface area contributed by atoms with Crippen LogP contribution in [0.2, 0.25) is 0 Å². The lowest BCUT2D eigenvalue weighted by atomic mass is 9.41. The van der Waals surface area contributed by atoms with E-state index in [0.29, 0.717) is 23.2 Å². The fourth-order valence-electron chi connectivity index (χ4n) is 8.27. The summed E-state index contributed by atoms with van der Waals surface area (Å²) in [6.45, 7) is 6.70. The molecule has 4 fully saturated rings. The van der Waals surface area contributed by atoms with Crippen LogP contribution >= 0.6 is 0 Å². The first-order valence-electron chi connectivity index (χ1n) is 9.99. The number of methoxy groups -OCH3 is 1. The van der Waals surface area contributed by atoms with Gasteiger partial charge in [0, 0.05) is 0 Å². The second-order valence-electron chi connectivity index (χ2n) is 10.3. The smallest absolute Gasteiger partial charge is 0.311 e. The fraction of sp³-hybridized carbons (Fsp3) is 0.952. The van der Waals surface area contributed by atoms with Gasteiger partial charge in [0.15, 0.2) is 0 Å². The minimum atomic E-state index is -0.474. The number of hydrogen-bond acceptors (Lipinski definition) is 3. The maximum Gasteiger partial charge on any atom is 0.311 e. The predicted octanol–water partition coefficient (Wildman–Crippen LogP) is 4.32. The molecule has 1 N–H and O–H groups in total. The van der Waals surface area contributed by atoms with Crippen molar-refractivity contribution in [1.29, 1.82) is 0 Å². The van der Waals surface area contributed by atoms with Crippen LogP contribution in [0.1, 0.15) is 78.6 Å². The third kappa shape index (κ3) is 1.97. The van der Waals surface area contributed by atoms with E-state index in [1.807, 2.05) is 0 Å². The zero-order chi connectivity index (χ0) is 17.4. The van der Waals surface area contributed by atoms with E-state index in [9.17, 15) is 9.90 Å². The minimum absolute atomic E-state index is 0.00137. The van der Waals surface area contributed by atoms with Crippen molar-refractivity contribution >= 4 is 5.97 Å². The van der Waals surface area contributed by atoms with E-state index in [-0.39, 0.29) is 16.8 Å². The highest BCUT2D eigenvalue weighted by Gasteiger charge is 2.67. The van der Waals surface area contributed by atoms with E-state index in [2.05, 4.69) is 20.8 Å². The minimum Gasteiger partial charge on any atom is -0.469 e. The van der Waals surface area contributed by atoms with Crippen molar-refractivity contribution < 1.29 is 14.6 Å². The lowest BCUT2D eigenvalue weighted by molar-refractivity contribution is -0.184. The SMILES string of the molecule is COC(=O)[C@]1(C)CCC[C@@]2(C)[C@@H]3CC[C@@H]4C[C@@]3(CC[C@@H]21)C[C@]4(C)O. The van der Waals surface area contributed by atoms with Crippen LogP contribution in [-0.4, -0.2) is 23.8 Å². The Kier molecular flexibility index (Phi) is 3.51. The number of carbonyl (C=O) groups is 1. The Balaban J connectivity index is 1.72. The molecule has 0 radical (unpaired) electrons. The summed E-state index contributed by atoms with van der Waals surface area (Å²) in [7, 11) is 1.54. The Labute approximate surface area is 146 Å². The molecule has 0 unspecified atom stereocenters. The Morgan fingerprint density at radius 1 is 1.04 bits per heavy atom. The maximum absolute atomic E-state index is 12.6. The third-order valence-electron chi connectivity index (χ3n) is 9.14. The van der Waals surface area contributed by atoms with Crippen LogP contribution in [0.3, 0.4) is 0 Å². The van der Waals surface area contributed by atoms with Crippen molar-refractivity contribution in [3.63, 3.8) is 0 Å². The molecule has 24 heavy (non-hydrogen) atoms. The molecule has 4 saturated carbocycles. The molecular weight excluding hydrogens is 300 g/mol. The summed E-state index contributed by atoms with van der Waals surface area (Å²) >= 11 is 0. The van der Waals surface area contributed by atoms with Gasteiger partial charge in [0.1, 0.15) is 0 Å². The van der Waals surface area contributed by atoms with Gasteiger partial charge >= 0.3 is 5.97 Å². The van der Waals surface area contributed by atoms with Crippen molar-refractivity contribution in [2.45, 2.75) is 84.2 Å². The van der Waals surface area contributed by atoms with Crippen LogP contribution in [0, 0.1) is 34.0 Å². The van der Waals surface area contributed by atoms with E-state index in [1.54, 1.807) is 7.11 Å². The lowest BCUT2D eigenvalue weighted by Crippen LogP contribution is -2.58. The number of esters is 1. The summed E-state index contributed by atoms with van der Waals surface area (Å²) in [6.07, 6.45) is 10.3. The summed E-state index contributed by atoms with van der Waals surface area (Å²) in [5.74, 6) is 1.59. The topological polar surface area (TPSA) is 46.5 Å². The van der Waals surface area contributed by atoms with Gasteiger partial charge in [-0.15, -0.1) is 0 Å². The van der Waals surface area contributed by atoms with Crippen molar-refractivity contribution in [3.05, 3.63) is 0 Å². The van der Waals surface area contributed by atoms with Crippen molar-refractivity contribution in [2.24, 2.45) is 34.0 Å². The summed E-state index contributed by atoms with van der Waals surface area (Å²) in [4.78, 5) is 12.6. The maximum atomic E-state index is 12.6. The Morgan fingerprint density at radius 3 is 2.50 bits per heavy atom. The molecule has 1 spiro atoms. The van der Waals surface area contributed by atoms with Crippen molar-refractivity contribution in [2.75, 3.05) is 7.11 Å². The van der Waals surface area contributed by atoms with Gasteiger partial charge in [0.2, 0.25) is 0 Å². The molecule has 0 aromatic carbocycles. The molecule has 4 aliphatic carbocycles. The number of aliphatic hydroxyl groups is 1. The molecule has 0 amide bonds. The molecule has 0 aromatic heterocycles. The van der Waals surface area contributed by atoms with Gasteiger partial charge in [-0.3, -0.25) is 4.79 Å². The molecule has 0 aliphatic heterocycles. The number of ether oxygens (including phenoxy) is 1. The summed E-state index contributed by atoms with van der Waals surface area (Å²) < 4.78 is 5.24. The standard InChI is InChI=1S/C21H34O3/c1-18-9-5-10-19(2,17(22)24-4)15(18)8-11-21-12-14(6-7-16(18)21)20(3,23)13-21/h14-16,23H,5-13H2,1-4H3/t14-,15+,16+,18-,19-,20+,21+/m1/s1. The van der Waals surface area contributed by atoms with Crippen molar-refractivity contribution in [1.82, 2.24) is 0 Å². The molecule has 0 saturated heterocycles. The average molecular weight is 335 g/mol. The number of fused-ring (bicyclic) bond motifs is 3. The highest BCUT2D eigenvalue weighted by Crippen LogP contribution is 2.72. The van der Waals surface area contributed by atoms with Gasteiger partial charge in [-0.05, 0) is 93.8 Å². The molecule has 0 heterocycles. The van der Waals surface area contributed by atoms with E-state index in [4.69, 9.17) is 4.74 Å². The van der Waals surface area contributed by atoms with E-state index in [1.165, 1.54) is 25.7 Å². The lowest BCUT2D eigenvalue weighted by Gasteiger charge is -2.63. The molecule has 0 aromatic rings. The summed E-state index contributed by atoms with van der Waals surface area (Å²) in [5, 5.41) is 10.9. The van der Waals surface area contributed by atoms with Crippen LogP contribution in [-0.2, 0) is 9.53 Å². The fourth-order valence-corrected chi connectivity index (χ4v) is 8.27. The highest BCUT2D eigenvalue weighted by molar-refractivity contribution is 5.77. The zero-order valence-electron chi connectivity index (χ0n) is 15.9. The van der Waals surface area contributed by atoms with Crippen LogP contribution in [0.25, 0.3) is 0 Å². The first-order chi connectivity index (χ1) is 11.2. The van der Waals surface area contributed by atoms with E-state index in [0.717, 1.165) is 32.1 Å². The average Bonchev–Trinajstić information content (AvgIpc) is 2.70. The number of carbonyl (C=O) groups excluding carboxylic acids is 1. The molecule has 2 bridgehead atoms. The Bertz CT molecular complexity index is 555. The van der Waals surface area contributed by atoms with Gasteiger partial charge in [-0.25, -0.2) is 0 Å². The largest absolute Gasteiger partial charge is 0.469 e. The van der Waals surface area contributed by atoms with Gasteiger partial charge in [0.05, 0.1) is 18.1 Å². The summed E-state index contributed by atoms with van der Waals surface area (Å²) in [6, 6.07) is 0. The molecule has 136 valence electrons. The second kappa shape index (κ2) is 4.99. The number of hydrogen-bond donors (Lipinski definition) is 1. The molecule has 4 rings (SSSR count). The molecule has 7 atom stereocenters. The summed E-state index contributed by atoms with van der Waals surface area (Å²) in [5.41, 5.74) is -0.240. The van der Waals surface area contributed by atoms with Gasteiger partial charge in [-0.1, -0.05) is 13.3 Å². The third-order valence-corrected chi connectivity index (χ3v) is 9.14. The van der Waals surface area contributed by atoms with Crippen LogP contribution in [0.5, 0.6) is 0 Å². The zero-order valence-corrected chi connectivity index (χ0v) is 15.9. The van der Waals surface area contributed by atoms with Gasteiger partial charge < -0.3 is 9.84 Å². The number of rotatable bonds is 1. The Morgan fingerprint density at radius 2 is 1.79 bits per heavy atom. The second-order valence-corrected chi connectivity index (χ2v) is 10.3. The van der Waals surface area contributed by atoms with Crippen LogP contribution in [0.15, 0.2) is 0 Å². The van der Waals surface area contributed by atoms with Crippen molar-refractivity contribution in [3.8, 4) is 0 Å². The van der Waals surface area contributed by atoms with E-state index >= 15 is 0 Å². The van der Waals surface area contributed by atoms with E-state index < -0.39 is 5.60 Å². The van der Waals surface area contributed by atoms with Crippen LogP contribution < -0.4 is 0 Å². The quantitative estimate of drug-likeness (QED) is 0.726. The predicted molar refractivity (Wildman–Crippen MR) is 93.3 cm³/mol. The van der Waals surface area contributed by atoms with Gasteiger partial charge in [-0.2, -0.15) is 0 Å². The monoisotopic (exact) mass is 334 g/mol. The first kappa shape index (κ1) is 16.9. The highest BCUT2D eigenvalue weighted by atomic mass is 16.5. The molecule has 4 aliphatic rings. The first-order valence-corrected chi connectivity index (χ1v) is 9.99. The molecule has 3 nitrogen and oxygen atoms in total.